The van der Waals surface area contributed by atoms with Crippen LogP contribution in [0.5, 0.6) is 5.75 Å². The summed E-state index contributed by atoms with van der Waals surface area (Å²) in [6.07, 6.45) is 0.841. The van der Waals surface area contributed by atoms with Crippen LogP contribution < -0.4 is 9.64 Å². The fraction of sp³-hybridized carbons (Fsp3) is 0.250. The third kappa shape index (κ3) is 3.34. The lowest BCUT2D eigenvalue weighted by molar-refractivity contribution is -0.121. The average Bonchev–Trinajstić information content (AvgIpc) is 3.23. The quantitative estimate of drug-likeness (QED) is 0.670. The highest BCUT2D eigenvalue weighted by molar-refractivity contribution is 5.98. The molecule has 1 aromatic heterocycles. The van der Waals surface area contributed by atoms with E-state index < -0.39 is 0 Å². The van der Waals surface area contributed by atoms with Gasteiger partial charge in [0.15, 0.2) is 12.4 Å². The Bertz CT molecular complexity index is 1130. The molecule has 2 aliphatic rings. The summed E-state index contributed by atoms with van der Waals surface area (Å²) in [5.74, 6) is 1.29. The van der Waals surface area contributed by atoms with Crippen molar-refractivity contribution in [3.8, 4) is 5.75 Å². The largest absolute Gasteiger partial charge is 0.482 e. The van der Waals surface area contributed by atoms with E-state index in [0.29, 0.717) is 30.4 Å². The third-order valence-electron chi connectivity index (χ3n) is 5.66. The molecule has 3 aromatic rings. The van der Waals surface area contributed by atoms with E-state index >= 15 is 0 Å². The van der Waals surface area contributed by atoms with E-state index in [2.05, 4.69) is 12.1 Å². The molecule has 0 saturated carbocycles. The topological polar surface area (TPSA) is 63.0 Å². The Morgan fingerprint density at radius 2 is 1.90 bits per heavy atom. The maximum Gasteiger partial charge on any atom is 0.289 e. The van der Waals surface area contributed by atoms with Crippen molar-refractivity contribution in [1.82, 2.24) is 4.90 Å². The van der Waals surface area contributed by atoms with Gasteiger partial charge in [-0.25, -0.2) is 0 Å². The minimum absolute atomic E-state index is 0.00422. The van der Waals surface area contributed by atoms with Gasteiger partial charge < -0.3 is 14.1 Å². The minimum Gasteiger partial charge on any atom is -0.482 e. The Balaban J connectivity index is 1.34. The number of hydrogen-bond acceptors (Lipinski definition) is 4. The van der Waals surface area contributed by atoms with Crippen LogP contribution in [0.3, 0.4) is 0 Å². The Morgan fingerprint density at radius 3 is 2.77 bits per heavy atom. The molecule has 0 aliphatic carbocycles. The molecule has 5 rings (SSSR count). The van der Waals surface area contributed by atoms with Crippen molar-refractivity contribution in [3.63, 3.8) is 0 Å². The van der Waals surface area contributed by atoms with Crippen LogP contribution in [0, 0.1) is 6.92 Å². The van der Waals surface area contributed by atoms with Crippen LogP contribution in [0.15, 0.2) is 59.0 Å². The maximum atomic E-state index is 13.0. The number of nitrogens with zero attached hydrogens (tertiary/aromatic N) is 2. The molecule has 6 heteroatoms. The zero-order valence-corrected chi connectivity index (χ0v) is 16.8. The highest BCUT2D eigenvalue weighted by atomic mass is 16.5. The van der Waals surface area contributed by atoms with Crippen LogP contribution >= 0.6 is 0 Å². The number of benzene rings is 2. The Hall–Kier alpha value is -3.54. The second kappa shape index (κ2) is 7.37. The summed E-state index contributed by atoms with van der Waals surface area (Å²) < 4.78 is 11.4. The van der Waals surface area contributed by atoms with Gasteiger partial charge in [-0.15, -0.1) is 0 Å². The molecule has 0 atom stereocenters. The lowest BCUT2D eigenvalue weighted by atomic mass is 10.00. The number of amides is 2. The summed E-state index contributed by atoms with van der Waals surface area (Å²) in [5, 5.41) is 0. The molecule has 152 valence electrons. The number of furan rings is 1. The van der Waals surface area contributed by atoms with Gasteiger partial charge in [0.2, 0.25) is 0 Å². The van der Waals surface area contributed by atoms with Crippen LogP contribution in [0.1, 0.15) is 33.0 Å². The van der Waals surface area contributed by atoms with Crippen LogP contribution in [0.25, 0.3) is 0 Å². The number of aryl methyl sites for hydroxylation is 1. The van der Waals surface area contributed by atoms with Crippen molar-refractivity contribution in [1.29, 1.82) is 0 Å². The summed E-state index contributed by atoms with van der Waals surface area (Å²) in [5.41, 5.74) is 4.23. The van der Waals surface area contributed by atoms with Crippen molar-refractivity contribution in [2.24, 2.45) is 0 Å². The van der Waals surface area contributed by atoms with Gasteiger partial charge in [-0.2, -0.15) is 0 Å². The maximum absolute atomic E-state index is 13.0. The lowest BCUT2D eigenvalue weighted by Gasteiger charge is -2.29. The van der Waals surface area contributed by atoms with Crippen molar-refractivity contribution in [2.75, 3.05) is 18.1 Å². The fourth-order valence-corrected chi connectivity index (χ4v) is 4.04. The summed E-state index contributed by atoms with van der Waals surface area (Å²) >= 11 is 0. The van der Waals surface area contributed by atoms with Gasteiger partial charge >= 0.3 is 0 Å². The monoisotopic (exact) mass is 402 g/mol. The fourth-order valence-electron chi connectivity index (χ4n) is 4.04. The van der Waals surface area contributed by atoms with E-state index in [-0.39, 0.29) is 25.0 Å². The number of fused-ring (bicyclic) bond motifs is 2. The normalized spacial score (nSPS) is 15.4. The van der Waals surface area contributed by atoms with Crippen LogP contribution in [0.2, 0.25) is 0 Å². The van der Waals surface area contributed by atoms with Gasteiger partial charge in [0, 0.05) is 13.1 Å². The van der Waals surface area contributed by atoms with E-state index in [9.17, 15) is 9.59 Å². The first-order valence-electron chi connectivity index (χ1n) is 10.1. The zero-order valence-electron chi connectivity index (χ0n) is 16.8. The summed E-state index contributed by atoms with van der Waals surface area (Å²) in [6.45, 7) is 3.47. The Labute approximate surface area is 174 Å². The summed E-state index contributed by atoms with van der Waals surface area (Å²) in [7, 11) is 0. The van der Waals surface area contributed by atoms with E-state index in [1.54, 1.807) is 17.0 Å². The lowest BCUT2D eigenvalue weighted by Crippen LogP contribution is -2.38. The van der Waals surface area contributed by atoms with Gasteiger partial charge in [0.05, 0.1) is 12.2 Å². The number of carbonyl (C=O) groups is 2. The molecular weight excluding hydrogens is 380 g/mol. The number of anilines is 1. The molecule has 0 fully saturated rings. The van der Waals surface area contributed by atoms with E-state index in [0.717, 1.165) is 17.7 Å². The molecule has 0 bridgehead atoms. The first kappa shape index (κ1) is 18.5. The molecule has 0 spiro atoms. The molecule has 2 amide bonds. The molecule has 0 N–H and O–H groups in total. The van der Waals surface area contributed by atoms with Crippen molar-refractivity contribution >= 4 is 17.5 Å². The highest BCUT2D eigenvalue weighted by Crippen LogP contribution is 2.34. The summed E-state index contributed by atoms with van der Waals surface area (Å²) in [6, 6.07) is 17.4. The first-order valence-corrected chi connectivity index (χ1v) is 10.1. The van der Waals surface area contributed by atoms with Crippen molar-refractivity contribution < 1.29 is 18.7 Å². The summed E-state index contributed by atoms with van der Waals surface area (Å²) in [4.78, 5) is 28.9. The van der Waals surface area contributed by atoms with Crippen LogP contribution in [-0.4, -0.2) is 29.9 Å². The third-order valence-corrected chi connectivity index (χ3v) is 5.66. The van der Waals surface area contributed by atoms with Crippen LogP contribution in [-0.2, 0) is 24.3 Å². The molecule has 3 heterocycles. The van der Waals surface area contributed by atoms with Gasteiger partial charge in [0.1, 0.15) is 11.5 Å². The predicted molar refractivity (Wildman–Crippen MR) is 111 cm³/mol. The van der Waals surface area contributed by atoms with Gasteiger partial charge in [-0.1, -0.05) is 30.3 Å². The van der Waals surface area contributed by atoms with E-state index in [1.165, 1.54) is 11.1 Å². The van der Waals surface area contributed by atoms with E-state index in [1.807, 2.05) is 42.2 Å². The second-order valence-electron chi connectivity index (χ2n) is 7.75. The van der Waals surface area contributed by atoms with Gasteiger partial charge in [-0.05, 0) is 54.3 Å². The molecule has 30 heavy (non-hydrogen) atoms. The smallest absolute Gasteiger partial charge is 0.289 e. The minimum atomic E-state index is -0.134. The van der Waals surface area contributed by atoms with E-state index in [4.69, 9.17) is 9.15 Å². The molecule has 0 unspecified atom stereocenters. The number of rotatable bonds is 3. The average molecular weight is 402 g/mol. The number of carbonyl (C=O) groups excluding carboxylic acids is 2. The van der Waals surface area contributed by atoms with Gasteiger partial charge in [0.25, 0.3) is 11.8 Å². The number of hydrogen-bond donors (Lipinski definition) is 0. The molecule has 2 aliphatic heterocycles. The molecule has 0 radical (unpaired) electrons. The van der Waals surface area contributed by atoms with Crippen molar-refractivity contribution in [3.05, 3.63) is 82.8 Å². The Kier molecular flexibility index (Phi) is 4.54. The number of ether oxygens (including phenoxy) is 1. The molecule has 0 saturated heterocycles. The zero-order chi connectivity index (χ0) is 20.7. The molecule has 6 nitrogen and oxygen atoms in total. The molecular formula is C24H22N2O4. The standard InChI is InChI=1S/C24H22N2O4/c1-16-6-8-21-20(12-16)26(23(27)15-29-21)14-19-7-9-22(30-19)24(28)25-11-10-17-4-2-3-5-18(17)13-25/h2-9,12H,10-11,13-15H2,1H3. The Morgan fingerprint density at radius 1 is 1.07 bits per heavy atom. The predicted octanol–water partition coefficient (Wildman–Crippen LogP) is 3.71. The highest BCUT2D eigenvalue weighted by Gasteiger charge is 2.28. The SMILES string of the molecule is Cc1ccc2c(c1)N(Cc1ccc(C(=O)N3CCc4ccccc4C3)o1)C(=O)CO2. The first-order chi connectivity index (χ1) is 14.6. The van der Waals surface area contributed by atoms with Crippen molar-refractivity contribution in [2.45, 2.75) is 26.4 Å². The molecule has 2 aromatic carbocycles. The van der Waals surface area contributed by atoms with Gasteiger partial charge in [-0.3, -0.25) is 14.5 Å². The second-order valence-corrected chi connectivity index (χ2v) is 7.75. The van der Waals surface area contributed by atoms with Crippen LogP contribution in [0.4, 0.5) is 5.69 Å².